The van der Waals surface area contributed by atoms with Crippen LogP contribution in [0, 0.1) is 5.82 Å². The summed E-state index contributed by atoms with van der Waals surface area (Å²) >= 11 is 0. The van der Waals surface area contributed by atoms with Crippen LogP contribution in [0.15, 0.2) is 24.3 Å². The maximum atomic E-state index is 13.8. The van der Waals surface area contributed by atoms with Crippen LogP contribution in [-0.4, -0.2) is 36.6 Å². The van der Waals surface area contributed by atoms with Crippen LogP contribution in [0.1, 0.15) is 25.8 Å². The minimum Gasteiger partial charge on any atom is -0.493 e. The number of para-hydroxylation sites is 1. The van der Waals surface area contributed by atoms with Gasteiger partial charge in [0.25, 0.3) is 5.60 Å². The zero-order valence-corrected chi connectivity index (χ0v) is 13.4. The molecule has 8 heteroatoms. The molecule has 0 saturated heterocycles. The zero-order chi connectivity index (χ0) is 18.5. The number of ether oxygens (including phenoxy) is 2. The first-order valence-corrected chi connectivity index (χ1v) is 7.06. The van der Waals surface area contributed by atoms with E-state index < -0.39 is 30.0 Å². The summed E-state index contributed by atoms with van der Waals surface area (Å²) in [4.78, 5) is 11.7. The Labute approximate surface area is 136 Å². The number of carbonyl (C=O) groups is 1. The van der Waals surface area contributed by atoms with Crippen molar-refractivity contribution < 1.29 is 36.9 Å². The first-order chi connectivity index (χ1) is 11.1. The van der Waals surface area contributed by atoms with Gasteiger partial charge in [0, 0.05) is 12.0 Å². The molecule has 0 spiro atoms. The zero-order valence-electron chi connectivity index (χ0n) is 13.4. The normalized spacial score (nSPS) is 14.9. The Morgan fingerprint density at radius 2 is 1.96 bits per heavy atom. The topological polar surface area (TPSA) is 55.8 Å². The largest absolute Gasteiger partial charge is 0.493 e. The number of hydrogen-bond acceptors (Lipinski definition) is 4. The van der Waals surface area contributed by atoms with Crippen molar-refractivity contribution in [3.05, 3.63) is 35.7 Å². The molecule has 0 amide bonds. The van der Waals surface area contributed by atoms with Crippen LogP contribution in [0.5, 0.6) is 5.75 Å². The fourth-order valence-corrected chi connectivity index (χ4v) is 2.14. The minimum atomic E-state index is -5.27. The molecule has 0 aliphatic heterocycles. The van der Waals surface area contributed by atoms with Gasteiger partial charge in [0.1, 0.15) is 0 Å². The van der Waals surface area contributed by atoms with Crippen LogP contribution < -0.4 is 4.74 Å². The molecule has 24 heavy (non-hydrogen) atoms. The smallest absolute Gasteiger partial charge is 0.428 e. The van der Waals surface area contributed by atoms with Crippen LogP contribution in [0.2, 0.25) is 0 Å². The summed E-state index contributed by atoms with van der Waals surface area (Å²) in [6.45, 7) is 2.40. The lowest BCUT2D eigenvalue weighted by Crippen LogP contribution is -2.53. The summed E-state index contributed by atoms with van der Waals surface area (Å²) < 4.78 is 62.8. The lowest BCUT2D eigenvalue weighted by atomic mass is 9.89. The van der Waals surface area contributed by atoms with Crippen molar-refractivity contribution in [1.82, 2.24) is 0 Å². The molecule has 0 aliphatic rings. The van der Waals surface area contributed by atoms with Crippen molar-refractivity contribution in [2.24, 2.45) is 0 Å². The number of hydrogen-bond donors (Lipinski definition) is 1. The number of methoxy groups -OCH3 is 1. The Bertz CT molecular complexity index is 625. The summed E-state index contributed by atoms with van der Waals surface area (Å²) in [5, 5.41) is 9.97. The Hall–Kier alpha value is -2.09. The molecule has 0 aliphatic carbocycles. The lowest BCUT2D eigenvalue weighted by molar-refractivity contribution is -0.260. The number of benzene rings is 1. The van der Waals surface area contributed by atoms with Crippen LogP contribution in [0.25, 0.3) is 5.57 Å². The summed E-state index contributed by atoms with van der Waals surface area (Å²) in [7, 11) is 1.16. The van der Waals surface area contributed by atoms with E-state index in [9.17, 15) is 27.5 Å². The van der Waals surface area contributed by atoms with Gasteiger partial charge < -0.3 is 14.6 Å². The van der Waals surface area contributed by atoms with Crippen molar-refractivity contribution in [1.29, 1.82) is 0 Å². The monoisotopic (exact) mass is 350 g/mol. The van der Waals surface area contributed by atoms with E-state index in [0.717, 1.165) is 13.2 Å². The average molecular weight is 350 g/mol. The third kappa shape index (κ3) is 3.87. The molecule has 1 rings (SSSR count). The molecular formula is C16H18F4O4. The molecule has 4 nitrogen and oxygen atoms in total. The molecular weight excluding hydrogens is 332 g/mol. The van der Waals surface area contributed by atoms with Gasteiger partial charge in [0.05, 0.1) is 13.7 Å². The third-order valence-corrected chi connectivity index (χ3v) is 3.39. The van der Waals surface area contributed by atoms with Crippen molar-refractivity contribution in [2.75, 3.05) is 13.7 Å². The number of alkyl halides is 3. The maximum Gasteiger partial charge on any atom is 0.428 e. The molecule has 0 aromatic heterocycles. The molecule has 0 radical (unpaired) electrons. The summed E-state index contributed by atoms with van der Waals surface area (Å²) in [6, 6.07) is 3.70. The molecule has 1 unspecified atom stereocenters. The molecule has 1 aromatic carbocycles. The van der Waals surface area contributed by atoms with Crippen LogP contribution in [-0.2, 0) is 9.53 Å². The fraction of sp³-hybridized carbons (Fsp3) is 0.438. The van der Waals surface area contributed by atoms with Gasteiger partial charge in [-0.15, -0.1) is 0 Å². The van der Waals surface area contributed by atoms with Gasteiger partial charge >= 0.3 is 12.1 Å². The van der Waals surface area contributed by atoms with Crippen molar-refractivity contribution >= 4 is 11.5 Å². The Morgan fingerprint density at radius 3 is 2.42 bits per heavy atom. The van der Waals surface area contributed by atoms with Gasteiger partial charge in [-0.05, 0) is 25.5 Å². The molecule has 1 N–H and O–H groups in total. The number of allylic oxidation sites excluding steroid dienone is 1. The Morgan fingerprint density at radius 1 is 1.33 bits per heavy atom. The highest BCUT2D eigenvalue weighted by molar-refractivity contribution is 5.84. The first-order valence-electron chi connectivity index (χ1n) is 7.06. The molecule has 0 fully saturated rings. The Balaban J connectivity index is 3.36. The van der Waals surface area contributed by atoms with Crippen LogP contribution >= 0.6 is 0 Å². The van der Waals surface area contributed by atoms with E-state index in [2.05, 4.69) is 4.74 Å². The molecule has 1 atom stereocenters. The minimum absolute atomic E-state index is 0.00646. The highest BCUT2D eigenvalue weighted by Gasteiger charge is 2.61. The molecule has 1 aromatic rings. The van der Waals surface area contributed by atoms with E-state index in [1.54, 1.807) is 0 Å². The number of halogens is 4. The number of rotatable bonds is 6. The SMILES string of the molecule is CC=C(CC(O)(C(=O)OCC)C(F)(F)F)c1cccc(F)c1OC. The highest BCUT2D eigenvalue weighted by atomic mass is 19.4. The quantitative estimate of drug-likeness (QED) is 0.630. The summed E-state index contributed by atoms with van der Waals surface area (Å²) in [6.07, 6.45) is -5.16. The van der Waals surface area contributed by atoms with Crippen LogP contribution in [0.4, 0.5) is 17.6 Å². The second-order valence-electron chi connectivity index (χ2n) is 4.89. The van der Waals surface area contributed by atoms with E-state index in [4.69, 9.17) is 4.74 Å². The van der Waals surface area contributed by atoms with Gasteiger partial charge in [-0.25, -0.2) is 9.18 Å². The average Bonchev–Trinajstić information content (AvgIpc) is 2.51. The summed E-state index contributed by atoms with van der Waals surface area (Å²) in [5.74, 6) is -2.87. The van der Waals surface area contributed by atoms with Crippen LogP contribution in [0.3, 0.4) is 0 Å². The predicted molar refractivity (Wildman–Crippen MR) is 78.9 cm³/mol. The van der Waals surface area contributed by atoms with E-state index in [1.165, 1.54) is 32.1 Å². The van der Waals surface area contributed by atoms with Gasteiger partial charge in [-0.1, -0.05) is 18.2 Å². The fourth-order valence-electron chi connectivity index (χ4n) is 2.14. The number of esters is 1. The van der Waals surface area contributed by atoms with Gasteiger partial charge in [0.2, 0.25) is 0 Å². The second kappa shape index (κ2) is 7.65. The third-order valence-electron chi connectivity index (χ3n) is 3.39. The van der Waals surface area contributed by atoms with E-state index in [0.29, 0.717) is 0 Å². The van der Waals surface area contributed by atoms with E-state index in [1.807, 2.05) is 0 Å². The molecule has 0 bridgehead atoms. The predicted octanol–water partition coefficient (Wildman–Crippen LogP) is 3.48. The second-order valence-corrected chi connectivity index (χ2v) is 4.89. The van der Waals surface area contributed by atoms with E-state index >= 15 is 0 Å². The lowest BCUT2D eigenvalue weighted by Gasteiger charge is -2.29. The first kappa shape index (κ1) is 20.0. The van der Waals surface area contributed by atoms with Gasteiger partial charge in [-0.3, -0.25) is 0 Å². The highest BCUT2D eigenvalue weighted by Crippen LogP contribution is 2.41. The van der Waals surface area contributed by atoms with Gasteiger partial charge in [0.15, 0.2) is 11.6 Å². The maximum absolute atomic E-state index is 13.8. The molecule has 134 valence electrons. The van der Waals surface area contributed by atoms with Crippen molar-refractivity contribution in [3.63, 3.8) is 0 Å². The summed E-state index contributed by atoms with van der Waals surface area (Å²) in [5.41, 5.74) is -3.85. The Kier molecular flexibility index (Phi) is 6.36. The molecule has 0 heterocycles. The number of aliphatic hydroxyl groups is 1. The van der Waals surface area contributed by atoms with E-state index in [-0.39, 0.29) is 23.5 Å². The van der Waals surface area contributed by atoms with Crippen molar-refractivity contribution in [3.8, 4) is 5.75 Å². The standard InChI is InChI=1S/C16H18F4O4/c1-4-10(11-7-6-8-12(17)13(11)23-3)9-15(22,16(18,19)20)14(21)24-5-2/h4,6-8,22H,5,9H2,1-3H3. The number of carbonyl (C=O) groups excluding carboxylic acids is 1. The van der Waals surface area contributed by atoms with Crippen molar-refractivity contribution in [2.45, 2.75) is 32.0 Å². The van der Waals surface area contributed by atoms with Gasteiger partial charge in [-0.2, -0.15) is 13.2 Å². The molecule has 0 saturated carbocycles.